The molecule has 0 bridgehead atoms. The molecule has 0 spiro atoms. The fourth-order valence-corrected chi connectivity index (χ4v) is 3.96. The maximum atomic E-state index is 9.95. The van der Waals surface area contributed by atoms with Crippen molar-refractivity contribution in [1.82, 2.24) is 10.3 Å². The van der Waals surface area contributed by atoms with Crippen molar-refractivity contribution in [2.24, 2.45) is 0 Å². The van der Waals surface area contributed by atoms with E-state index in [0.717, 1.165) is 44.6 Å². The molecule has 2 aliphatic rings. The maximum absolute atomic E-state index is 9.95. The summed E-state index contributed by atoms with van der Waals surface area (Å²) >= 11 is 0. The zero-order valence-electron chi connectivity index (χ0n) is 14.0. The molecule has 1 aromatic carbocycles. The lowest BCUT2D eigenvalue weighted by Gasteiger charge is -2.32. The van der Waals surface area contributed by atoms with Gasteiger partial charge in [0.05, 0.1) is 6.10 Å². The van der Waals surface area contributed by atoms with Crippen LogP contribution in [0.2, 0.25) is 0 Å². The number of nitrogens with one attached hydrogen (secondary N) is 1. The minimum absolute atomic E-state index is 0.231. The van der Waals surface area contributed by atoms with Crippen LogP contribution in [0.1, 0.15) is 29.5 Å². The summed E-state index contributed by atoms with van der Waals surface area (Å²) in [5.74, 6) is 1.03. The minimum Gasteiger partial charge on any atom is -0.391 e. The molecule has 1 aliphatic carbocycles. The third kappa shape index (κ3) is 3.30. The number of β-amino-alcohol motifs (C(OH)–C–C–N with tert-alkyl or cyclic N) is 1. The van der Waals surface area contributed by atoms with Gasteiger partial charge in [0.1, 0.15) is 5.82 Å². The Labute approximate surface area is 143 Å². The zero-order chi connectivity index (χ0) is 16.4. The summed E-state index contributed by atoms with van der Waals surface area (Å²) in [6.45, 7) is 2.50. The first-order valence-corrected chi connectivity index (χ1v) is 8.96. The summed E-state index contributed by atoms with van der Waals surface area (Å²) in [5.41, 5.74) is 4.17. The van der Waals surface area contributed by atoms with Gasteiger partial charge in [0.15, 0.2) is 0 Å². The Morgan fingerprint density at radius 2 is 1.92 bits per heavy atom. The lowest BCUT2D eigenvalue weighted by Crippen LogP contribution is -2.39. The Bertz CT molecular complexity index is 678. The molecule has 1 atom stereocenters. The number of piperidine rings is 1. The summed E-state index contributed by atoms with van der Waals surface area (Å²) in [6.07, 6.45) is 5.76. The molecule has 4 heteroatoms. The number of anilines is 1. The number of rotatable bonds is 4. The topological polar surface area (TPSA) is 48.4 Å². The van der Waals surface area contributed by atoms with Gasteiger partial charge in [0, 0.05) is 37.4 Å². The molecule has 1 saturated heterocycles. The molecule has 2 aromatic rings. The number of pyridine rings is 1. The van der Waals surface area contributed by atoms with E-state index in [0.29, 0.717) is 12.6 Å². The van der Waals surface area contributed by atoms with Crippen LogP contribution in [-0.4, -0.2) is 35.3 Å². The SMILES string of the molecule is O[C@H]1CCCN(c2ncccc2CNC2Cc3ccccc3C2)C1. The van der Waals surface area contributed by atoms with E-state index in [1.165, 1.54) is 16.7 Å². The Hall–Kier alpha value is -1.91. The Morgan fingerprint density at radius 1 is 1.12 bits per heavy atom. The van der Waals surface area contributed by atoms with Crippen LogP contribution in [0, 0.1) is 0 Å². The van der Waals surface area contributed by atoms with Gasteiger partial charge in [-0.3, -0.25) is 0 Å². The molecule has 2 N–H and O–H groups in total. The van der Waals surface area contributed by atoms with E-state index in [1.54, 1.807) is 0 Å². The first kappa shape index (κ1) is 15.6. The molecule has 0 amide bonds. The standard InChI is InChI=1S/C20H25N3O/c24-19-8-4-10-23(14-19)20-17(7-3-9-21-20)13-22-18-11-15-5-1-2-6-16(15)12-18/h1-3,5-7,9,18-19,22,24H,4,8,10-14H2/t19-/m0/s1. The van der Waals surface area contributed by atoms with Gasteiger partial charge in [-0.2, -0.15) is 0 Å². The highest BCUT2D eigenvalue weighted by atomic mass is 16.3. The van der Waals surface area contributed by atoms with Crippen LogP contribution in [0.15, 0.2) is 42.6 Å². The van der Waals surface area contributed by atoms with Crippen molar-refractivity contribution in [3.63, 3.8) is 0 Å². The number of aliphatic hydroxyl groups is 1. The van der Waals surface area contributed by atoms with Crippen molar-refractivity contribution in [1.29, 1.82) is 0 Å². The second-order valence-electron chi connectivity index (χ2n) is 6.98. The highest BCUT2D eigenvalue weighted by Gasteiger charge is 2.23. The monoisotopic (exact) mass is 323 g/mol. The van der Waals surface area contributed by atoms with Crippen molar-refractivity contribution in [2.75, 3.05) is 18.0 Å². The van der Waals surface area contributed by atoms with Crippen molar-refractivity contribution >= 4 is 5.82 Å². The number of aliphatic hydroxyl groups excluding tert-OH is 1. The fraction of sp³-hybridized carbons (Fsp3) is 0.450. The number of fused-ring (bicyclic) bond motifs is 1. The van der Waals surface area contributed by atoms with Crippen LogP contribution in [0.5, 0.6) is 0 Å². The molecule has 126 valence electrons. The third-order valence-electron chi connectivity index (χ3n) is 5.20. The van der Waals surface area contributed by atoms with Gasteiger partial charge in [-0.15, -0.1) is 0 Å². The molecule has 24 heavy (non-hydrogen) atoms. The lowest BCUT2D eigenvalue weighted by atomic mass is 10.1. The summed E-state index contributed by atoms with van der Waals surface area (Å²) in [5, 5.41) is 13.7. The Kier molecular flexibility index (Phi) is 4.50. The van der Waals surface area contributed by atoms with E-state index >= 15 is 0 Å². The molecule has 4 rings (SSSR count). The third-order valence-corrected chi connectivity index (χ3v) is 5.20. The average molecular weight is 323 g/mol. The first-order chi connectivity index (χ1) is 11.8. The molecule has 1 aliphatic heterocycles. The number of hydrogen-bond donors (Lipinski definition) is 2. The first-order valence-electron chi connectivity index (χ1n) is 8.96. The van der Waals surface area contributed by atoms with Crippen LogP contribution in [0.25, 0.3) is 0 Å². The van der Waals surface area contributed by atoms with Crippen molar-refractivity contribution in [2.45, 2.75) is 44.4 Å². The maximum Gasteiger partial charge on any atom is 0.133 e. The van der Waals surface area contributed by atoms with E-state index < -0.39 is 0 Å². The zero-order valence-corrected chi connectivity index (χ0v) is 14.0. The normalized spacial score (nSPS) is 21.0. The summed E-state index contributed by atoms with van der Waals surface area (Å²) in [7, 11) is 0. The molecule has 1 aromatic heterocycles. The number of aromatic nitrogens is 1. The minimum atomic E-state index is -0.231. The van der Waals surface area contributed by atoms with Gasteiger partial charge in [0.2, 0.25) is 0 Å². The van der Waals surface area contributed by atoms with Crippen LogP contribution in [-0.2, 0) is 19.4 Å². The van der Waals surface area contributed by atoms with E-state index in [-0.39, 0.29) is 6.10 Å². The summed E-state index contributed by atoms with van der Waals surface area (Å²) in [6, 6.07) is 13.4. The van der Waals surface area contributed by atoms with Crippen LogP contribution in [0.3, 0.4) is 0 Å². The quantitative estimate of drug-likeness (QED) is 0.906. The molecule has 0 radical (unpaired) electrons. The molecule has 2 heterocycles. The smallest absolute Gasteiger partial charge is 0.133 e. The molecular formula is C20H25N3O. The van der Waals surface area contributed by atoms with E-state index in [2.05, 4.69) is 45.5 Å². The number of hydrogen-bond acceptors (Lipinski definition) is 4. The second-order valence-corrected chi connectivity index (χ2v) is 6.98. The summed E-state index contributed by atoms with van der Waals surface area (Å²) in [4.78, 5) is 6.83. The second kappa shape index (κ2) is 6.91. The molecule has 0 unspecified atom stereocenters. The Balaban J connectivity index is 1.42. The van der Waals surface area contributed by atoms with Crippen molar-refractivity contribution < 1.29 is 5.11 Å². The predicted molar refractivity (Wildman–Crippen MR) is 96.2 cm³/mol. The van der Waals surface area contributed by atoms with Gasteiger partial charge in [0.25, 0.3) is 0 Å². The average Bonchev–Trinajstić information content (AvgIpc) is 3.03. The molecule has 4 nitrogen and oxygen atoms in total. The lowest BCUT2D eigenvalue weighted by molar-refractivity contribution is 0.153. The largest absolute Gasteiger partial charge is 0.391 e. The Morgan fingerprint density at radius 3 is 2.67 bits per heavy atom. The molecular weight excluding hydrogens is 298 g/mol. The van der Waals surface area contributed by atoms with Crippen molar-refractivity contribution in [3.05, 3.63) is 59.3 Å². The van der Waals surface area contributed by atoms with Crippen LogP contribution in [0.4, 0.5) is 5.82 Å². The molecule has 1 fully saturated rings. The van der Waals surface area contributed by atoms with Gasteiger partial charge in [-0.25, -0.2) is 4.98 Å². The van der Waals surface area contributed by atoms with Gasteiger partial charge < -0.3 is 15.3 Å². The van der Waals surface area contributed by atoms with Crippen LogP contribution < -0.4 is 10.2 Å². The van der Waals surface area contributed by atoms with Crippen LogP contribution >= 0.6 is 0 Å². The van der Waals surface area contributed by atoms with E-state index in [4.69, 9.17) is 0 Å². The van der Waals surface area contributed by atoms with Crippen molar-refractivity contribution in [3.8, 4) is 0 Å². The molecule has 0 saturated carbocycles. The number of benzene rings is 1. The predicted octanol–water partition coefficient (Wildman–Crippen LogP) is 2.30. The highest BCUT2D eigenvalue weighted by molar-refractivity contribution is 5.47. The van der Waals surface area contributed by atoms with Gasteiger partial charge >= 0.3 is 0 Å². The fourth-order valence-electron chi connectivity index (χ4n) is 3.96. The number of nitrogens with zero attached hydrogens (tertiary/aromatic N) is 2. The van der Waals surface area contributed by atoms with E-state index in [1.807, 2.05) is 12.3 Å². The highest BCUT2D eigenvalue weighted by Crippen LogP contribution is 2.24. The van der Waals surface area contributed by atoms with Gasteiger partial charge in [-0.05, 0) is 42.9 Å². The van der Waals surface area contributed by atoms with Gasteiger partial charge in [-0.1, -0.05) is 30.3 Å². The summed E-state index contributed by atoms with van der Waals surface area (Å²) < 4.78 is 0. The van der Waals surface area contributed by atoms with E-state index in [9.17, 15) is 5.11 Å².